The van der Waals surface area contributed by atoms with Gasteiger partial charge in [0.25, 0.3) is 0 Å². The molecule has 1 aliphatic heterocycles. The molecule has 1 amide bonds. The first kappa shape index (κ1) is 23.1. The number of hydrogen-bond acceptors (Lipinski definition) is 7. The van der Waals surface area contributed by atoms with Crippen LogP contribution in [0.5, 0.6) is 5.75 Å². The molecule has 33 heavy (non-hydrogen) atoms. The molecule has 0 atom stereocenters. The van der Waals surface area contributed by atoms with Gasteiger partial charge < -0.3 is 24.4 Å². The van der Waals surface area contributed by atoms with E-state index in [2.05, 4.69) is 9.88 Å². The molecule has 1 saturated heterocycles. The predicted molar refractivity (Wildman–Crippen MR) is 126 cm³/mol. The number of carbonyl (C=O) groups excluding carboxylic acids is 1. The van der Waals surface area contributed by atoms with Crippen LogP contribution < -0.4 is 9.64 Å². The third-order valence-electron chi connectivity index (χ3n) is 5.39. The Kier molecular flexibility index (Phi) is 6.36. The van der Waals surface area contributed by atoms with Gasteiger partial charge in [-0.3, -0.25) is 4.40 Å². The Hall–Kier alpha value is -3.04. The van der Waals surface area contributed by atoms with Gasteiger partial charge in [0.05, 0.1) is 24.4 Å². The van der Waals surface area contributed by atoms with Crippen LogP contribution in [0.4, 0.5) is 10.6 Å². The van der Waals surface area contributed by atoms with Crippen LogP contribution in [0.3, 0.4) is 0 Å². The molecule has 0 spiro atoms. The van der Waals surface area contributed by atoms with Crippen LogP contribution in [0.2, 0.25) is 5.02 Å². The van der Waals surface area contributed by atoms with Crippen molar-refractivity contribution in [1.29, 1.82) is 0 Å². The van der Waals surface area contributed by atoms with Gasteiger partial charge in [-0.1, -0.05) is 11.6 Å². The van der Waals surface area contributed by atoms with E-state index in [-0.39, 0.29) is 12.7 Å². The molecule has 3 aromatic rings. The van der Waals surface area contributed by atoms with Gasteiger partial charge in [-0.05, 0) is 44.5 Å². The van der Waals surface area contributed by atoms with Crippen molar-refractivity contribution >= 4 is 29.3 Å². The number of aliphatic hydroxyl groups excluding tert-OH is 1. The van der Waals surface area contributed by atoms with Gasteiger partial charge in [0.1, 0.15) is 17.2 Å². The second-order valence-electron chi connectivity index (χ2n) is 8.88. The quantitative estimate of drug-likeness (QED) is 0.618. The molecule has 2 aromatic heterocycles. The lowest BCUT2D eigenvalue weighted by Gasteiger charge is -2.36. The molecule has 0 saturated carbocycles. The first-order chi connectivity index (χ1) is 15.7. The Morgan fingerprint density at radius 1 is 1.18 bits per heavy atom. The van der Waals surface area contributed by atoms with Gasteiger partial charge in [0.2, 0.25) is 5.78 Å². The van der Waals surface area contributed by atoms with E-state index in [9.17, 15) is 9.90 Å². The minimum Gasteiger partial charge on any atom is -0.495 e. The van der Waals surface area contributed by atoms with Crippen LogP contribution in [-0.2, 0) is 11.3 Å². The summed E-state index contributed by atoms with van der Waals surface area (Å²) in [4.78, 5) is 25.5. The van der Waals surface area contributed by atoms with E-state index in [0.717, 1.165) is 11.4 Å². The first-order valence-electron chi connectivity index (χ1n) is 10.7. The highest BCUT2D eigenvalue weighted by Crippen LogP contribution is 2.33. The number of imidazole rings is 1. The van der Waals surface area contributed by atoms with Gasteiger partial charge in [-0.25, -0.2) is 9.78 Å². The van der Waals surface area contributed by atoms with Gasteiger partial charge in [0, 0.05) is 44.1 Å². The number of ether oxygens (including phenoxy) is 2. The number of nitrogens with zero attached hydrogens (tertiary/aromatic N) is 5. The van der Waals surface area contributed by atoms with Crippen molar-refractivity contribution in [2.24, 2.45) is 0 Å². The minimum atomic E-state index is -0.511. The lowest BCUT2D eigenvalue weighted by atomic mass is 10.1. The number of rotatable bonds is 4. The van der Waals surface area contributed by atoms with Gasteiger partial charge in [-0.2, -0.15) is 4.98 Å². The van der Waals surface area contributed by atoms with Gasteiger partial charge in [-0.15, -0.1) is 0 Å². The molecule has 4 rings (SSSR count). The van der Waals surface area contributed by atoms with E-state index in [1.807, 2.05) is 43.6 Å². The fourth-order valence-electron chi connectivity index (χ4n) is 3.73. The largest absolute Gasteiger partial charge is 0.495 e. The molecule has 3 heterocycles. The highest BCUT2D eigenvalue weighted by atomic mass is 35.5. The van der Waals surface area contributed by atoms with E-state index in [4.69, 9.17) is 26.1 Å². The fraction of sp³-hybridized carbons (Fsp3) is 0.435. The Bertz CT molecular complexity index is 1170. The molecule has 9 nitrogen and oxygen atoms in total. The molecule has 0 radical (unpaired) electrons. The maximum absolute atomic E-state index is 12.3. The molecule has 0 unspecified atom stereocenters. The Balaban J connectivity index is 1.53. The molecule has 1 aliphatic rings. The lowest BCUT2D eigenvalue weighted by molar-refractivity contribution is 0.0240. The fourth-order valence-corrected chi connectivity index (χ4v) is 3.98. The minimum absolute atomic E-state index is 0.169. The monoisotopic (exact) mass is 473 g/mol. The van der Waals surface area contributed by atoms with Gasteiger partial charge >= 0.3 is 6.09 Å². The molecule has 0 bridgehead atoms. The second-order valence-corrected chi connectivity index (χ2v) is 9.28. The zero-order valence-corrected chi connectivity index (χ0v) is 20.0. The number of amides is 1. The van der Waals surface area contributed by atoms with E-state index in [1.165, 1.54) is 7.11 Å². The van der Waals surface area contributed by atoms with E-state index < -0.39 is 5.60 Å². The van der Waals surface area contributed by atoms with Crippen LogP contribution in [-0.4, -0.2) is 69.4 Å². The smallest absolute Gasteiger partial charge is 0.410 e. The summed E-state index contributed by atoms with van der Waals surface area (Å²) in [7, 11) is 1.53. The highest BCUT2D eigenvalue weighted by Gasteiger charge is 2.26. The average molecular weight is 474 g/mol. The molecule has 0 aliphatic carbocycles. The Morgan fingerprint density at radius 2 is 1.91 bits per heavy atom. The third-order valence-corrected chi connectivity index (χ3v) is 5.69. The number of fused-ring (bicyclic) bond motifs is 1. The molecule has 10 heteroatoms. The maximum atomic E-state index is 12.3. The number of methoxy groups -OCH3 is 1. The van der Waals surface area contributed by atoms with Crippen molar-refractivity contribution in [3.05, 3.63) is 41.2 Å². The summed E-state index contributed by atoms with van der Waals surface area (Å²) >= 11 is 6.30. The number of benzene rings is 1. The first-order valence-corrected chi connectivity index (χ1v) is 11.1. The predicted octanol–water partition coefficient (Wildman–Crippen LogP) is 3.61. The van der Waals surface area contributed by atoms with Crippen molar-refractivity contribution in [3.63, 3.8) is 0 Å². The number of piperazine rings is 1. The summed E-state index contributed by atoms with van der Waals surface area (Å²) < 4.78 is 12.5. The summed E-state index contributed by atoms with van der Waals surface area (Å²) in [5, 5.41) is 10.3. The summed E-state index contributed by atoms with van der Waals surface area (Å²) in [6.07, 6.45) is 3.46. The SMILES string of the molecule is COc1cc(CO)c(-c2cn3ccc(N4CCN(C(=O)OC(C)(C)C)CC4)nc3n2)cc1Cl. The maximum Gasteiger partial charge on any atom is 0.410 e. The van der Waals surface area contributed by atoms with E-state index in [0.29, 0.717) is 54.0 Å². The van der Waals surface area contributed by atoms with Crippen molar-refractivity contribution in [3.8, 4) is 17.0 Å². The average Bonchev–Trinajstić information content (AvgIpc) is 3.21. The van der Waals surface area contributed by atoms with Crippen LogP contribution >= 0.6 is 11.6 Å². The van der Waals surface area contributed by atoms with Crippen molar-refractivity contribution < 1.29 is 19.4 Å². The van der Waals surface area contributed by atoms with Crippen molar-refractivity contribution in [1.82, 2.24) is 19.3 Å². The molecule has 176 valence electrons. The van der Waals surface area contributed by atoms with Crippen molar-refractivity contribution in [2.75, 3.05) is 38.2 Å². The summed E-state index contributed by atoms with van der Waals surface area (Å²) in [5.74, 6) is 1.82. The number of aromatic nitrogens is 3. The van der Waals surface area contributed by atoms with E-state index >= 15 is 0 Å². The summed E-state index contributed by atoms with van der Waals surface area (Å²) in [6.45, 7) is 7.85. The number of anilines is 1. The Morgan fingerprint density at radius 3 is 2.55 bits per heavy atom. The highest BCUT2D eigenvalue weighted by molar-refractivity contribution is 6.32. The number of aliphatic hydroxyl groups is 1. The van der Waals surface area contributed by atoms with Crippen molar-refractivity contribution in [2.45, 2.75) is 33.0 Å². The van der Waals surface area contributed by atoms with Crippen LogP contribution in [0, 0.1) is 0 Å². The van der Waals surface area contributed by atoms with Crippen LogP contribution in [0.1, 0.15) is 26.3 Å². The number of halogens is 1. The third kappa shape index (κ3) is 4.99. The van der Waals surface area contributed by atoms with Gasteiger partial charge in [0.15, 0.2) is 0 Å². The second kappa shape index (κ2) is 9.07. The lowest BCUT2D eigenvalue weighted by Crippen LogP contribution is -2.50. The van der Waals surface area contributed by atoms with Crippen LogP contribution in [0.25, 0.3) is 17.0 Å². The zero-order valence-electron chi connectivity index (χ0n) is 19.2. The standard InChI is InChI=1S/C23H28ClN5O4/c1-23(2,3)33-22(31)28-9-7-27(8-10-28)20-5-6-29-13-18(25-21(29)26-20)16-12-17(24)19(32-4)11-15(16)14-30/h5-6,11-13,30H,7-10,14H2,1-4H3. The molecule has 1 N–H and O–H groups in total. The topological polar surface area (TPSA) is 92.4 Å². The number of hydrogen-bond donors (Lipinski definition) is 1. The molecular weight excluding hydrogens is 446 g/mol. The number of carbonyl (C=O) groups is 1. The summed E-state index contributed by atoms with van der Waals surface area (Å²) in [5.41, 5.74) is 1.53. The normalized spacial score (nSPS) is 14.6. The Labute approximate surface area is 197 Å². The summed E-state index contributed by atoms with van der Waals surface area (Å²) in [6, 6.07) is 5.38. The zero-order chi connectivity index (χ0) is 23.8. The molecular formula is C23H28ClN5O4. The van der Waals surface area contributed by atoms with Crippen LogP contribution in [0.15, 0.2) is 30.6 Å². The molecule has 1 fully saturated rings. The molecule has 1 aromatic carbocycles. The van der Waals surface area contributed by atoms with E-state index in [1.54, 1.807) is 17.0 Å².